The standard InChI is InChI=1S/C9H9ClF3N/c10-6-3-1-2-5(9(6)13)7(14)4-8(11)12/h1-3,7-8H,4,14H2/t7-/m0/s1. The average Bonchev–Trinajstić information content (AvgIpc) is 2.08. The molecule has 0 aliphatic heterocycles. The van der Waals surface area contributed by atoms with E-state index in [1.807, 2.05) is 0 Å². The number of hydrogen-bond acceptors (Lipinski definition) is 1. The van der Waals surface area contributed by atoms with Gasteiger partial charge in [-0.05, 0) is 6.07 Å². The molecule has 0 saturated carbocycles. The highest BCUT2D eigenvalue weighted by Crippen LogP contribution is 2.25. The van der Waals surface area contributed by atoms with Crippen LogP contribution in [0.2, 0.25) is 5.02 Å². The lowest BCUT2D eigenvalue weighted by molar-refractivity contribution is 0.128. The van der Waals surface area contributed by atoms with Gasteiger partial charge in [-0.15, -0.1) is 0 Å². The molecule has 0 aromatic heterocycles. The monoisotopic (exact) mass is 223 g/mol. The van der Waals surface area contributed by atoms with Crippen molar-refractivity contribution < 1.29 is 13.2 Å². The van der Waals surface area contributed by atoms with Gasteiger partial charge in [0.15, 0.2) is 0 Å². The van der Waals surface area contributed by atoms with Gasteiger partial charge in [0.25, 0.3) is 0 Å². The number of rotatable bonds is 3. The maximum atomic E-state index is 13.2. The van der Waals surface area contributed by atoms with Gasteiger partial charge in [0, 0.05) is 18.0 Å². The van der Waals surface area contributed by atoms with Gasteiger partial charge in [-0.25, -0.2) is 13.2 Å². The van der Waals surface area contributed by atoms with Crippen molar-refractivity contribution in [2.24, 2.45) is 5.73 Å². The van der Waals surface area contributed by atoms with Crippen molar-refractivity contribution in [3.05, 3.63) is 34.6 Å². The Morgan fingerprint density at radius 3 is 2.57 bits per heavy atom. The zero-order valence-corrected chi connectivity index (χ0v) is 7.94. The van der Waals surface area contributed by atoms with Gasteiger partial charge >= 0.3 is 0 Å². The zero-order valence-electron chi connectivity index (χ0n) is 7.18. The van der Waals surface area contributed by atoms with Crippen LogP contribution in [0.5, 0.6) is 0 Å². The Morgan fingerprint density at radius 2 is 2.00 bits per heavy atom. The maximum Gasteiger partial charge on any atom is 0.240 e. The smallest absolute Gasteiger partial charge is 0.240 e. The minimum absolute atomic E-state index is 0.0257. The summed E-state index contributed by atoms with van der Waals surface area (Å²) < 4.78 is 37.2. The number of nitrogens with two attached hydrogens (primary N) is 1. The fourth-order valence-corrected chi connectivity index (χ4v) is 1.31. The van der Waals surface area contributed by atoms with E-state index in [1.54, 1.807) is 0 Å². The van der Waals surface area contributed by atoms with Crippen molar-refractivity contribution in [3.63, 3.8) is 0 Å². The summed E-state index contributed by atoms with van der Waals surface area (Å²) in [5, 5.41) is -0.104. The Morgan fingerprint density at radius 1 is 1.36 bits per heavy atom. The molecule has 0 heterocycles. The molecular weight excluding hydrogens is 215 g/mol. The molecule has 0 aliphatic rings. The van der Waals surface area contributed by atoms with E-state index in [1.165, 1.54) is 18.2 Å². The summed E-state index contributed by atoms with van der Waals surface area (Å²) in [7, 11) is 0. The zero-order chi connectivity index (χ0) is 10.7. The Kier molecular flexibility index (Phi) is 3.77. The fraction of sp³-hybridized carbons (Fsp3) is 0.333. The Labute approximate surface area is 84.7 Å². The second kappa shape index (κ2) is 4.66. The summed E-state index contributed by atoms with van der Waals surface area (Å²) in [6.45, 7) is 0. The van der Waals surface area contributed by atoms with Gasteiger partial charge < -0.3 is 5.73 Å². The molecule has 5 heteroatoms. The molecule has 14 heavy (non-hydrogen) atoms. The molecule has 1 aromatic carbocycles. The first-order chi connectivity index (χ1) is 6.52. The lowest BCUT2D eigenvalue weighted by atomic mass is 10.0. The van der Waals surface area contributed by atoms with Crippen molar-refractivity contribution in [1.29, 1.82) is 0 Å². The second-order valence-electron chi connectivity index (χ2n) is 2.88. The molecule has 0 bridgehead atoms. The first-order valence-electron chi connectivity index (χ1n) is 4.00. The molecule has 1 rings (SSSR count). The third-order valence-corrected chi connectivity index (χ3v) is 2.10. The molecule has 0 amide bonds. The molecule has 78 valence electrons. The van der Waals surface area contributed by atoms with Gasteiger partial charge in [0.2, 0.25) is 6.43 Å². The molecule has 0 fully saturated rings. The van der Waals surface area contributed by atoms with E-state index in [0.717, 1.165) is 0 Å². The SMILES string of the molecule is N[C@@H](CC(F)F)c1cccc(Cl)c1F. The van der Waals surface area contributed by atoms with Crippen molar-refractivity contribution in [3.8, 4) is 0 Å². The van der Waals surface area contributed by atoms with Crippen LogP contribution in [0.3, 0.4) is 0 Å². The van der Waals surface area contributed by atoms with Gasteiger partial charge in [-0.3, -0.25) is 0 Å². The fourth-order valence-electron chi connectivity index (χ4n) is 1.13. The van der Waals surface area contributed by atoms with Gasteiger partial charge in [-0.2, -0.15) is 0 Å². The normalized spacial score (nSPS) is 13.3. The Bertz CT molecular complexity index is 317. The van der Waals surface area contributed by atoms with Crippen LogP contribution in [0.25, 0.3) is 0 Å². The average molecular weight is 224 g/mol. The molecule has 0 aliphatic carbocycles. The van der Waals surface area contributed by atoms with E-state index < -0.39 is 24.7 Å². The molecule has 1 atom stereocenters. The van der Waals surface area contributed by atoms with E-state index in [0.29, 0.717) is 0 Å². The first kappa shape index (κ1) is 11.3. The maximum absolute atomic E-state index is 13.2. The minimum atomic E-state index is -2.55. The topological polar surface area (TPSA) is 26.0 Å². The number of halogens is 4. The third-order valence-electron chi connectivity index (χ3n) is 1.81. The van der Waals surface area contributed by atoms with E-state index >= 15 is 0 Å². The highest BCUT2D eigenvalue weighted by atomic mass is 35.5. The van der Waals surface area contributed by atoms with Crippen LogP contribution >= 0.6 is 11.6 Å². The minimum Gasteiger partial charge on any atom is -0.324 e. The van der Waals surface area contributed by atoms with Gasteiger partial charge in [0.1, 0.15) is 5.82 Å². The van der Waals surface area contributed by atoms with Crippen LogP contribution in [0.15, 0.2) is 18.2 Å². The highest BCUT2D eigenvalue weighted by molar-refractivity contribution is 6.30. The van der Waals surface area contributed by atoms with E-state index in [-0.39, 0.29) is 10.6 Å². The third kappa shape index (κ3) is 2.62. The highest BCUT2D eigenvalue weighted by Gasteiger charge is 2.17. The predicted octanol–water partition coefficient (Wildman–Crippen LogP) is 3.13. The van der Waals surface area contributed by atoms with Crippen molar-refractivity contribution in [2.45, 2.75) is 18.9 Å². The lowest BCUT2D eigenvalue weighted by Crippen LogP contribution is -2.15. The van der Waals surface area contributed by atoms with Crippen LogP contribution in [-0.2, 0) is 0 Å². The summed E-state index contributed by atoms with van der Waals surface area (Å²) in [5.41, 5.74) is 5.41. The predicted molar refractivity (Wildman–Crippen MR) is 49.0 cm³/mol. The van der Waals surface area contributed by atoms with E-state index in [4.69, 9.17) is 17.3 Å². The summed E-state index contributed by atoms with van der Waals surface area (Å²) in [5.74, 6) is -0.720. The van der Waals surface area contributed by atoms with Crippen LogP contribution in [0, 0.1) is 5.82 Å². The summed E-state index contributed by atoms with van der Waals surface area (Å²) in [6.07, 6.45) is -3.12. The number of hydrogen-bond donors (Lipinski definition) is 1. The molecule has 1 aromatic rings. The summed E-state index contributed by atoms with van der Waals surface area (Å²) >= 11 is 5.48. The van der Waals surface area contributed by atoms with Crippen molar-refractivity contribution in [2.75, 3.05) is 0 Å². The van der Waals surface area contributed by atoms with E-state index in [2.05, 4.69) is 0 Å². The molecule has 2 N–H and O–H groups in total. The molecule has 0 unspecified atom stereocenters. The van der Waals surface area contributed by atoms with Crippen LogP contribution in [0.1, 0.15) is 18.0 Å². The second-order valence-corrected chi connectivity index (χ2v) is 3.28. The van der Waals surface area contributed by atoms with Crippen LogP contribution in [0.4, 0.5) is 13.2 Å². The molecular formula is C9H9ClF3N. The van der Waals surface area contributed by atoms with Crippen molar-refractivity contribution >= 4 is 11.6 Å². The number of alkyl halides is 2. The summed E-state index contributed by atoms with van der Waals surface area (Å²) in [4.78, 5) is 0. The molecule has 0 radical (unpaired) electrons. The van der Waals surface area contributed by atoms with E-state index in [9.17, 15) is 13.2 Å². The van der Waals surface area contributed by atoms with Crippen LogP contribution in [-0.4, -0.2) is 6.43 Å². The molecule has 1 nitrogen and oxygen atoms in total. The quantitative estimate of drug-likeness (QED) is 0.837. The largest absolute Gasteiger partial charge is 0.324 e. The lowest BCUT2D eigenvalue weighted by Gasteiger charge is -2.12. The Hall–Kier alpha value is -0.740. The summed E-state index contributed by atoms with van der Waals surface area (Å²) in [6, 6.07) is 3.16. The van der Waals surface area contributed by atoms with Gasteiger partial charge in [0.05, 0.1) is 5.02 Å². The number of benzene rings is 1. The van der Waals surface area contributed by atoms with Crippen molar-refractivity contribution in [1.82, 2.24) is 0 Å². The first-order valence-corrected chi connectivity index (χ1v) is 4.37. The van der Waals surface area contributed by atoms with Crippen LogP contribution < -0.4 is 5.73 Å². The van der Waals surface area contributed by atoms with Gasteiger partial charge in [-0.1, -0.05) is 23.7 Å². The molecule has 0 spiro atoms. The molecule has 0 saturated heterocycles. The Balaban J connectivity index is 2.89.